The Bertz CT molecular complexity index is 1020. The van der Waals surface area contributed by atoms with Crippen molar-refractivity contribution < 1.29 is 14.7 Å². The summed E-state index contributed by atoms with van der Waals surface area (Å²) in [4.78, 5) is 29.2. The van der Waals surface area contributed by atoms with Crippen LogP contribution in [0.3, 0.4) is 0 Å². The van der Waals surface area contributed by atoms with E-state index in [0.717, 1.165) is 39.7 Å². The van der Waals surface area contributed by atoms with Gasteiger partial charge in [-0.05, 0) is 30.7 Å². The first-order valence-electron chi connectivity index (χ1n) is 8.71. The predicted molar refractivity (Wildman–Crippen MR) is 99.3 cm³/mol. The standard InChI is InChI=1S/C21H20N2O3/c1-13-3-2-4-14(9-13)10-20(24)23-8-7-19-17(12-23)16-11-15(21(25)26)5-6-18(16)22-19/h2-6,9,11,22H,7-8,10,12H2,1H3,(H,25,26). The largest absolute Gasteiger partial charge is 0.478 e. The summed E-state index contributed by atoms with van der Waals surface area (Å²) in [7, 11) is 0. The fraction of sp³-hybridized carbons (Fsp3) is 0.238. The summed E-state index contributed by atoms with van der Waals surface area (Å²) in [5.74, 6) is -0.838. The van der Waals surface area contributed by atoms with Gasteiger partial charge in [0.2, 0.25) is 5.91 Å². The number of hydrogen-bond acceptors (Lipinski definition) is 2. The van der Waals surface area contributed by atoms with Crippen LogP contribution in [0.15, 0.2) is 42.5 Å². The third kappa shape index (κ3) is 2.96. The molecule has 2 N–H and O–H groups in total. The molecule has 0 bridgehead atoms. The molecule has 3 aromatic rings. The zero-order chi connectivity index (χ0) is 18.3. The number of nitrogens with one attached hydrogen (secondary N) is 1. The fourth-order valence-electron chi connectivity index (χ4n) is 3.67. The minimum atomic E-state index is -0.940. The van der Waals surface area contributed by atoms with E-state index in [-0.39, 0.29) is 11.5 Å². The number of aromatic carboxylic acids is 1. The van der Waals surface area contributed by atoms with Gasteiger partial charge < -0.3 is 15.0 Å². The maximum atomic E-state index is 12.7. The van der Waals surface area contributed by atoms with Crippen LogP contribution in [0.25, 0.3) is 10.9 Å². The van der Waals surface area contributed by atoms with E-state index in [1.54, 1.807) is 18.2 Å². The number of rotatable bonds is 3. The molecule has 0 saturated carbocycles. The number of aromatic amines is 1. The SMILES string of the molecule is Cc1cccc(CC(=O)N2CCc3[nH]c4ccc(C(=O)O)cc4c3C2)c1. The molecule has 132 valence electrons. The molecule has 1 aliphatic rings. The number of hydrogen-bond donors (Lipinski definition) is 2. The summed E-state index contributed by atoms with van der Waals surface area (Å²) in [5, 5.41) is 10.1. The number of carboxylic acid groups (broad SMARTS) is 1. The van der Waals surface area contributed by atoms with Gasteiger partial charge in [0.05, 0.1) is 12.0 Å². The van der Waals surface area contributed by atoms with Gasteiger partial charge in [0.1, 0.15) is 0 Å². The molecule has 0 aliphatic carbocycles. The van der Waals surface area contributed by atoms with Crippen LogP contribution in [-0.4, -0.2) is 33.4 Å². The summed E-state index contributed by atoms with van der Waals surface area (Å²) in [6.45, 7) is 3.21. The number of carbonyl (C=O) groups excluding carboxylic acids is 1. The van der Waals surface area contributed by atoms with Gasteiger partial charge >= 0.3 is 5.97 Å². The van der Waals surface area contributed by atoms with Crippen molar-refractivity contribution in [3.8, 4) is 0 Å². The molecule has 2 aromatic carbocycles. The molecule has 5 nitrogen and oxygen atoms in total. The molecule has 26 heavy (non-hydrogen) atoms. The Kier molecular flexibility index (Phi) is 3.99. The Morgan fingerprint density at radius 3 is 2.81 bits per heavy atom. The molecule has 0 radical (unpaired) electrons. The maximum absolute atomic E-state index is 12.7. The van der Waals surface area contributed by atoms with Crippen LogP contribution in [0.4, 0.5) is 0 Å². The van der Waals surface area contributed by atoms with Gasteiger partial charge in [-0.25, -0.2) is 4.79 Å². The van der Waals surface area contributed by atoms with Gasteiger partial charge in [0.15, 0.2) is 0 Å². The normalized spacial score (nSPS) is 13.7. The molecule has 0 spiro atoms. The molecule has 0 unspecified atom stereocenters. The van der Waals surface area contributed by atoms with Crippen LogP contribution >= 0.6 is 0 Å². The molecule has 2 heterocycles. The summed E-state index contributed by atoms with van der Waals surface area (Å²) in [6.07, 6.45) is 1.14. The Hall–Kier alpha value is -3.08. The van der Waals surface area contributed by atoms with Crippen molar-refractivity contribution in [3.05, 3.63) is 70.4 Å². The first-order chi connectivity index (χ1) is 12.5. The summed E-state index contributed by atoms with van der Waals surface area (Å²) in [6, 6.07) is 13.1. The van der Waals surface area contributed by atoms with Crippen molar-refractivity contribution in [1.82, 2.24) is 9.88 Å². The van der Waals surface area contributed by atoms with E-state index < -0.39 is 5.97 Å². The van der Waals surface area contributed by atoms with Crippen LogP contribution in [0, 0.1) is 6.92 Å². The molecule has 1 amide bonds. The third-order valence-electron chi connectivity index (χ3n) is 5.01. The van der Waals surface area contributed by atoms with Gasteiger partial charge in [-0.1, -0.05) is 29.8 Å². The average molecular weight is 348 g/mol. The minimum absolute atomic E-state index is 0.102. The Balaban J connectivity index is 1.60. The molecule has 4 rings (SSSR count). The smallest absolute Gasteiger partial charge is 0.335 e. The number of H-pyrrole nitrogens is 1. The summed E-state index contributed by atoms with van der Waals surface area (Å²) in [5.41, 5.74) is 5.49. The molecule has 0 atom stereocenters. The van der Waals surface area contributed by atoms with Crippen LogP contribution in [-0.2, 0) is 24.2 Å². The highest BCUT2D eigenvalue weighted by molar-refractivity contribution is 5.95. The van der Waals surface area contributed by atoms with Crippen molar-refractivity contribution in [2.75, 3.05) is 6.54 Å². The van der Waals surface area contributed by atoms with E-state index >= 15 is 0 Å². The number of fused-ring (bicyclic) bond motifs is 3. The second-order valence-electron chi connectivity index (χ2n) is 6.88. The second-order valence-corrected chi connectivity index (χ2v) is 6.88. The van der Waals surface area contributed by atoms with Gasteiger partial charge in [0.25, 0.3) is 0 Å². The molecular formula is C21H20N2O3. The van der Waals surface area contributed by atoms with E-state index in [4.69, 9.17) is 0 Å². The highest BCUT2D eigenvalue weighted by atomic mass is 16.4. The molecule has 1 aromatic heterocycles. The predicted octanol–water partition coefficient (Wildman–Crippen LogP) is 3.30. The van der Waals surface area contributed by atoms with Gasteiger partial charge in [-0.2, -0.15) is 0 Å². The molecular weight excluding hydrogens is 328 g/mol. The van der Waals surface area contributed by atoms with E-state index in [2.05, 4.69) is 4.98 Å². The number of aromatic nitrogens is 1. The van der Waals surface area contributed by atoms with Crippen molar-refractivity contribution in [1.29, 1.82) is 0 Å². The highest BCUT2D eigenvalue weighted by Crippen LogP contribution is 2.29. The number of nitrogens with zero attached hydrogens (tertiary/aromatic N) is 1. The Labute approximate surface area is 151 Å². The van der Waals surface area contributed by atoms with Crippen LogP contribution < -0.4 is 0 Å². The molecule has 1 aliphatic heterocycles. The summed E-state index contributed by atoms with van der Waals surface area (Å²) < 4.78 is 0. The van der Waals surface area contributed by atoms with E-state index in [9.17, 15) is 14.7 Å². The van der Waals surface area contributed by atoms with Crippen LogP contribution in [0.5, 0.6) is 0 Å². The molecule has 0 fully saturated rings. The topological polar surface area (TPSA) is 73.4 Å². The van der Waals surface area contributed by atoms with Crippen LogP contribution in [0.2, 0.25) is 0 Å². The number of carbonyl (C=O) groups is 2. The lowest BCUT2D eigenvalue weighted by Gasteiger charge is -2.27. The van der Waals surface area contributed by atoms with Crippen molar-refractivity contribution >= 4 is 22.8 Å². The monoisotopic (exact) mass is 348 g/mol. The Morgan fingerprint density at radius 2 is 2.04 bits per heavy atom. The fourth-order valence-corrected chi connectivity index (χ4v) is 3.67. The number of amides is 1. The maximum Gasteiger partial charge on any atom is 0.335 e. The molecule has 5 heteroatoms. The average Bonchev–Trinajstić information content (AvgIpc) is 2.98. The van der Waals surface area contributed by atoms with Gasteiger partial charge in [-0.3, -0.25) is 4.79 Å². The van der Waals surface area contributed by atoms with Gasteiger partial charge in [-0.15, -0.1) is 0 Å². The third-order valence-corrected chi connectivity index (χ3v) is 5.01. The summed E-state index contributed by atoms with van der Waals surface area (Å²) >= 11 is 0. The Morgan fingerprint density at radius 1 is 1.19 bits per heavy atom. The van der Waals surface area contributed by atoms with E-state index in [1.165, 1.54) is 0 Å². The zero-order valence-electron chi connectivity index (χ0n) is 14.6. The van der Waals surface area contributed by atoms with E-state index in [1.807, 2.05) is 36.1 Å². The minimum Gasteiger partial charge on any atom is -0.478 e. The first-order valence-corrected chi connectivity index (χ1v) is 8.71. The second kappa shape index (κ2) is 6.33. The highest BCUT2D eigenvalue weighted by Gasteiger charge is 2.24. The number of aryl methyl sites for hydroxylation is 1. The van der Waals surface area contributed by atoms with E-state index in [0.29, 0.717) is 19.5 Å². The number of benzene rings is 2. The lowest BCUT2D eigenvalue weighted by atomic mass is 10.0. The van der Waals surface area contributed by atoms with Crippen molar-refractivity contribution in [2.24, 2.45) is 0 Å². The lowest BCUT2D eigenvalue weighted by molar-refractivity contribution is -0.131. The first kappa shape index (κ1) is 16.4. The molecule has 0 saturated heterocycles. The number of carboxylic acids is 1. The quantitative estimate of drug-likeness (QED) is 0.763. The van der Waals surface area contributed by atoms with Crippen LogP contribution in [0.1, 0.15) is 32.7 Å². The zero-order valence-corrected chi connectivity index (χ0v) is 14.6. The van der Waals surface area contributed by atoms with Crippen molar-refractivity contribution in [3.63, 3.8) is 0 Å². The van der Waals surface area contributed by atoms with Crippen molar-refractivity contribution in [2.45, 2.75) is 26.3 Å². The lowest BCUT2D eigenvalue weighted by Crippen LogP contribution is -2.36. The van der Waals surface area contributed by atoms with Gasteiger partial charge in [0, 0.05) is 41.7 Å².